The van der Waals surface area contributed by atoms with Crippen molar-refractivity contribution < 1.29 is 0 Å². The maximum atomic E-state index is 4.62. The first kappa shape index (κ1) is 22.9. The molecule has 0 rings (SSSR count). The van der Waals surface area contributed by atoms with Crippen LogP contribution in [0.25, 0.3) is 0 Å². The summed E-state index contributed by atoms with van der Waals surface area (Å²) in [5.41, 5.74) is 9.25. The fourth-order valence-electron chi connectivity index (χ4n) is 0. The molecule has 0 aromatic carbocycles. The van der Waals surface area contributed by atoms with Crippen LogP contribution in [0.2, 0.25) is 0 Å². The van der Waals surface area contributed by atoms with Gasteiger partial charge in [0.25, 0.3) is 0 Å². The first-order valence-electron chi connectivity index (χ1n) is 0.816. The molecule has 28 valence electrons. The molecule has 0 heterocycles. The normalized spacial score (nSPS) is 3.00. The monoisotopic (exact) mass is 136 g/mol. The molecule has 6 heavy (non-hydrogen) atoms. The fraction of sp³-hybridized carbons (Fsp3) is 1.00. The van der Waals surface area contributed by atoms with Crippen LogP contribution in [0.4, 0.5) is 0 Å². The summed E-state index contributed by atoms with van der Waals surface area (Å²) < 4.78 is 0. The van der Waals surface area contributed by atoms with Crippen molar-refractivity contribution in [2.45, 2.75) is 0 Å². The SMILES string of the molecule is NCN.[CaH2].[NaH].[NaH]. The molecule has 0 aromatic heterocycles. The average molecular weight is 136 g/mol. The number of nitrogens with two attached hydrogens (primary N) is 2. The van der Waals surface area contributed by atoms with Crippen molar-refractivity contribution in [1.82, 2.24) is 0 Å². The zero-order chi connectivity index (χ0) is 2.71. The summed E-state index contributed by atoms with van der Waals surface area (Å²) in [6, 6.07) is 0. The summed E-state index contributed by atoms with van der Waals surface area (Å²) in [6.45, 7) is 0.250. The van der Waals surface area contributed by atoms with E-state index in [1.165, 1.54) is 0 Å². The second kappa shape index (κ2) is 24.1. The van der Waals surface area contributed by atoms with E-state index in [4.69, 9.17) is 0 Å². The minimum atomic E-state index is 0. The van der Waals surface area contributed by atoms with Crippen molar-refractivity contribution in [2.24, 2.45) is 11.5 Å². The fourth-order valence-corrected chi connectivity index (χ4v) is 0. The Kier molecular flexibility index (Phi) is 92.1. The number of hydrogen-bond acceptors (Lipinski definition) is 2. The Hall–Kier alpha value is 3.18. The van der Waals surface area contributed by atoms with Crippen LogP contribution in [0, 0.1) is 0 Å². The van der Waals surface area contributed by atoms with Gasteiger partial charge in [0.2, 0.25) is 0 Å². The summed E-state index contributed by atoms with van der Waals surface area (Å²) in [6.07, 6.45) is 0. The summed E-state index contributed by atoms with van der Waals surface area (Å²) in [7, 11) is 0. The van der Waals surface area contributed by atoms with Crippen LogP contribution in [-0.2, 0) is 0 Å². The van der Waals surface area contributed by atoms with Gasteiger partial charge in [-0.15, -0.1) is 0 Å². The Bertz CT molecular complexity index is 11.5. The molecule has 0 aliphatic carbocycles. The Morgan fingerprint density at radius 3 is 1.00 bits per heavy atom. The Balaban J connectivity index is -0.00000000667. The van der Waals surface area contributed by atoms with Gasteiger partial charge in [-0.05, 0) is 0 Å². The Labute approximate surface area is 112 Å². The topological polar surface area (TPSA) is 52.0 Å². The molecule has 0 saturated heterocycles. The van der Waals surface area contributed by atoms with Gasteiger partial charge in [0, 0.05) is 6.67 Å². The van der Waals surface area contributed by atoms with Crippen LogP contribution in [0.15, 0.2) is 0 Å². The van der Waals surface area contributed by atoms with E-state index in [1.54, 1.807) is 0 Å². The van der Waals surface area contributed by atoms with E-state index in [9.17, 15) is 0 Å². The minimum absolute atomic E-state index is 0. The molecule has 0 amide bonds. The molecule has 5 heteroatoms. The van der Waals surface area contributed by atoms with Gasteiger partial charge in [0.05, 0.1) is 0 Å². The summed E-state index contributed by atoms with van der Waals surface area (Å²) in [4.78, 5) is 0. The van der Waals surface area contributed by atoms with Crippen LogP contribution in [0.5, 0.6) is 0 Å². The second-order valence-electron chi connectivity index (χ2n) is 0.236. The molecule has 0 aromatic rings. The number of rotatable bonds is 0. The third kappa shape index (κ3) is 27.1. The third-order valence-corrected chi connectivity index (χ3v) is 0. The van der Waals surface area contributed by atoms with Gasteiger partial charge >= 0.3 is 96.9 Å². The van der Waals surface area contributed by atoms with Gasteiger partial charge in [-0.25, -0.2) is 0 Å². The first-order valence-corrected chi connectivity index (χ1v) is 0.816. The van der Waals surface area contributed by atoms with Crippen LogP contribution < -0.4 is 11.5 Å². The van der Waals surface area contributed by atoms with Crippen LogP contribution >= 0.6 is 0 Å². The van der Waals surface area contributed by atoms with E-state index >= 15 is 0 Å². The molecule has 0 bridgehead atoms. The van der Waals surface area contributed by atoms with Gasteiger partial charge in [0.1, 0.15) is 0 Å². The molecule has 0 spiro atoms. The molecule has 4 N–H and O–H groups in total. The Morgan fingerprint density at radius 1 is 1.00 bits per heavy atom. The first-order chi connectivity index (χ1) is 1.41. The summed E-state index contributed by atoms with van der Waals surface area (Å²) >= 11 is 0. The van der Waals surface area contributed by atoms with Crippen LogP contribution in [-0.4, -0.2) is 104 Å². The van der Waals surface area contributed by atoms with Gasteiger partial charge < -0.3 is 11.5 Å². The zero-order valence-corrected chi connectivity index (χ0v) is 1.86. The van der Waals surface area contributed by atoms with E-state index in [-0.39, 0.29) is 104 Å². The third-order valence-electron chi connectivity index (χ3n) is 0. The predicted octanol–water partition coefficient (Wildman–Crippen LogP) is -3.35. The van der Waals surface area contributed by atoms with Crippen molar-refractivity contribution >= 4 is 96.9 Å². The molecule has 0 radical (unpaired) electrons. The maximum absolute atomic E-state index is 4.62. The van der Waals surface area contributed by atoms with Gasteiger partial charge in [0.15, 0.2) is 0 Å². The molecule has 2 nitrogen and oxygen atoms in total. The summed E-state index contributed by atoms with van der Waals surface area (Å²) in [5, 5.41) is 0. The van der Waals surface area contributed by atoms with Crippen molar-refractivity contribution in [3.63, 3.8) is 0 Å². The van der Waals surface area contributed by atoms with Crippen molar-refractivity contribution in [3.05, 3.63) is 0 Å². The van der Waals surface area contributed by atoms with E-state index in [0.29, 0.717) is 0 Å². The molecule has 0 atom stereocenters. The van der Waals surface area contributed by atoms with Crippen molar-refractivity contribution in [1.29, 1.82) is 0 Å². The quantitative estimate of drug-likeness (QED) is 0.270. The predicted molar refractivity (Wildman–Crippen MR) is 36.1 cm³/mol. The van der Waals surface area contributed by atoms with Crippen molar-refractivity contribution in [3.8, 4) is 0 Å². The van der Waals surface area contributed by atoms with E-state index in [0.717, 1.165) is 0 Å². The number of hydrogen-bond donors (Lipinski definition) is 2. The Morgan fingerprint density at radius 2 is 1.00 bits per heavy atom. The molecule has 0 unspecified atom stereocenters. The van der Waals surface area contributed by atoms with E-state index < -0.39 is 0 Å². The van der Waals surface area contributed by atoms with E-state index in [1.807, 2.05) is 0 Å². The standard InChI is InChI=1S/CH6N2.Ca.2Na.4H/c2-1-3;;;;;;;/h1-3H2;;;;;;;. The second-order valence-corrected chi connectivity index (χ2v) is 0.236. The summed E-state index contributed by atoms with van der Waals surface area (Å²) in [5.74, 6) is 0. The van der Waals surface area contributed by atoms with Crippen LogP contribution in [0.1, 0.15) is 0 Å². The van der Waals surface area contributed by atoms with Crippen molar-refractivity contribution in [2.75, 3.05) is 6.67 Å². The van der Waals surface area contributed by atoms with E-state index in [2.05, 4.69) is 11.5 Å². The molecular weight excluding hydrogens is 126 g/mol. The molecular formula is CH10CaN2Na2. The van der Waals surface area contributed by atoms with Gasteiger partial charge in [-0.1, -0.05) is 0 Å². The molecule has 0 saturated carbocycles. The van der Waals surface area contributed by atoms with Gasteiger partial charge in [-0.2, -0.15) is 0 Å². The molecule has 0 aliphatic heterocycles. The average Bonchev–Trinajstić information content (AvgIpc) is 0.918. The molecule has 0 fully saturated rings. The van der Waals surface area contributed by atoms with Gasteiger partial charge in [-0.3, -0.25) is 0 Å². The van der Waals surface area contributed by atoms with Crippen LogP contribution in [0.3, 0.4) is 0 Å². The molecule has 0 aliphatic rings. The zero-order valence-electron chi connectivity index (χ0n) is 1.86.